The summed E-state index contributed by atoms with van der Waals surface area (Å²) in [6, 6.07) is 0. The molecule has 8 heteroatoms. The first-order valence-electron chi connectivity index (χ1n) is 18.7. The zero-order chi connectivity index (χ0) is 32.4. The minimum atomic E-state index is -0.533. The lowest BCUT2D eigenvalue weighted by molar-refractivity contribution is -0.139. The number of hydrogen-bond donors (Lipinski definition) is 4. The Labute approximate surface area is 273 Å². The molecule has 3 heterocycles. The number of ether oxygens (including phenoxy) is 3. The summed E-state index contributed by atoms with van der Waals surface area (Å²) in [5.41, 5.74) is 0.575. The fourth-order valence-electron chi connectivity index (χ4n) is 7.30. The Kier molecular flexibility index (Phi) is 18.6. The molecule has 2 saturated heterocycles. The summed E-state index contributed by atoms with van der Waals surface area (Å²) >= 11 is 0. The van der Waals surface area contributed by atoms with Crippen LogP contribution in [0, 0.1) is 0 Å². The zero-order valence-electron chi connectivity index (χ0n) is 28.5. The molecule has 8 nitrogen and oxygen atoms in total. The molecule has 3 rings (SSSR count). The van der Waals surface area contributed by atoms with Crippen molar-refractivity contribution in [2.75, 3.05) is 0 Å². The van der Waals surface area contributed by atoms with Gasteiger partial charge < -0.3 is 34.6 Å². The van der Waals surface area contributed by atoms with E-state index in [-0.39, 0.29) is 42.6 Å². The lowest BCUT2D eigenvalue weighted by Gasteiger charge is -2.24. The summed E-state index contributed by atoms with van der Waals surface area (Å²) in [4.78, 5) is 11.7. The van der Waals surface area contributed by atoms with Crippen molar-refractivity contribution in [1.29, 1.82) is 0 Å². The monoisotopic (exact) mass is 638 g/mol. The molecule has 0 unspecified atom stereocenters. The Hall–Kier alpha value is -1.03. The maximum Gasteiger partial charge on any atom is 0.334 e. The highest BCUT2D eigenvalue weighted by Gasteiger charge is 2.40. The molecule has 3 aliphatic rings. The van der Waals surface area contributed by atoms with Crippen molar-refractivity contribution in [3.8, 4) is 0 Å². The third-order valence-corrected chi connectivity index (χ3v) is 10.1. The van der Waals surface area contributed by atoms with Crippen LogP contribution in [0.3, 0.4) is 0 Å². The Morgan fingerprint density at radius 2 is 1.09 bits per heavy atom. The average molecular weight is 639 g/mol. The normalized spacial score (nSPS) is 27.8. The third-order valence-electron chi connectivity index (χ3n) is 10.1. The van der Waals surface area contributed by atoms with Gasteiger partial charge in [0.15, 0.2) is 0 Å². The van der Waals surface area contributed by atoms with Gasteiger partial charge in [-0.05, 0) is 70.8 Å². The highest BCUT2D eigenvalue weighted by molar-refractivity contribution is 5.90. The van der Waals surface area contributed by atoms with E-state index >= 15 is 0 Å². The molecular weight excluding hydrogens is 572 g/mol. The van der Waals surface area contributed by atoms with Crippen LogP contribution in [0.1, 0.15) is 162 Å². The topological polar surface area (TPSA) is 126 Å². The van der Waals surface area contributed by atoms with Gasteiger partial charge in [-0.25, -0.2) is 4.79 Å². The number of hydrogen-bond acceptors (Lipinski definition) is 8. The van der Waals surface area contributed by atoms with Gasteiger partial charge in [0.1, 0.15) is 6.10 Å². The highest BCUT2D eigenvalue weighted by Crippen LogP contribution is 2.34. The lowest BCUT2D eigenvalue weighted by Crippen LogP contribution is -2.33. The Balaban J connectivity index is 1.16. The Morgan fingerprint density at radius 3 is 1.62 bits per heavy atom. The number of unbranched alkanes of at least 4 members (excludes halogenated alkanes) is 10. The third kappa shape index (κ3) is 14.7. The summed E-state index contributed by atoms with van der Waals surface area (Å²) in [7, 11) is 0. The second-order valence-corrected chi connectivity index (χ2v) is 14.2. The molecular formula is C37H66O8. The van der Waals surface area contributed by atoms with Crippen LogP contribution in [0.4, 0.5) is 0 Å². The standard InChI is InChI=1S/C37H66O8/c1-3-4-5-6-7-8-9-13-19-31(40)33-21-23-35(44-33)36-24-22-34(45-36)32(41)20-15-14-17-29(38)16-11-10-12-18-30(39)26-28-25-27(2)43-37(28)42/h25,27,29-36,38-41H,3-24,26H2,1-2H3/t27-,29+,30+,31-,32+,33+,34-,35-,36+/m0/s1. The van der Waals surface area contributed by atoms with Crippen molar-refractivity contribution in [1.82, 2.24) is 0 Å². The molecule has 0 aliphatic carbocycles. The second-order valence-electron chi connectivity index (χ2n) is 14.2. The molecule has 0 aromatic rings. The zero-order valence-corrected chi connectivity index (χ0v) is 28.5. The molecule has 0 radical (unpaired) electrons. The molecule has 9 atom stereocenters. The Morgan fingerprint density at radius 1 is 0.644 bits per heavy atom. The molecule has 0 spiro atoms. The first kappa shape index (κ1) is 38.4. The van der Waals surface area contributed by atoms with Crippen LogP contribution in [0.25, 0.3) is 0 Å². The number of carbonyl (C=O) groups is 1. The van der Waals surface area contributed by atoms with Crippen LogP contribution in [0.15, 0.2) is 11.6 Å². The van der Waals surface area contributed by atoms with Gasteiger partial charge in [-0.1, -0.05) is 90.4 Å². The SMILES string of the molecule is CCCCCCCCCC[C@H](O)[C@H]1CC[C@@H]([C@H]2CC[C@@H]([C@H](O)CCCC[C@H](O)CCCCC[C@@H](O)CC3=C[C@H](C)OC3=O)O2)O1. The number of rotatable bonds is 25. The number of esters is 1. The van der Waals surface area contributed by atoms with Crippen molar-refractivity contribution in [2.45, 2.75) is 216 Å². The van der Waals surface area contributed by atoms with Crippen LogP contribution >= 0.6 is 0 Å². The van der Waals surface area contributed by atoms with E-state index in [1.54, 1.807) is 6.08 Å². The van der Waals surface area contributed by atoms with E-state index in [4.69, 9.17) is 14.2 Å². The van der Waals surface area contributed by atoms with E-state index in [0.29, 0.717) is 24.8 Å². The molecule has 0 aromatic heterocycles. The highest BCUT2D eigenvalue weighted by atomic mass is 16.6. The molecule has 2 fully saturated rings. The van der Waals surface area contributed by atoms with Crippen molar-refractivity contribution in [3.63, 3.8) is 0 Å². The van der Waals surface area contributed by atoms with Gasteiger partial charge in [0.05, 0.1) is 48.8 Å². The maximum absolute atomic E-state index is 11.7. The molecule has 262 valence electrons. The smallest absolute Gasteiger partial charge is 0.334 e. The largest absolute Gasteiger partial charge is 0.455 e. The minimum Gasteiger partial charge on any atom is -0.455 e. The summed E-state index contributed by atoms with van der Waals surface area (Å²) in [5, 5.41) is 42.0. The Bertz CT molecular complexity index is 833. The number of cyclic esters (lactones) is 1. The van der Waals surface area contributed by atoms with E-state index in [1.807, 2.05) is 6.92 Å². The van der Waals surface area contributed by atoms with Crippen LogP contribution in [0.2, 0.25) is 0 Å². The van der Waals surface area contributed by atoms with Crippen LogP contribution in [-0.2, 0) is 19.0 Å². The van der Waals surface area contributed by atoms with Gasteiger partial charge in [0, 0.05) is 12.0 Å². The molecule has 3 aliphatic heterocycles. The molecule has 0 aromatic carbocycles. The van der Waals surface area contributed by atoms with Gasteiger partial charge in [-0.3, -0.25) is 0 Å². The van der Waals surface area contributed by atoms with Crippen LogP contribution < -0.4 is 0 Å². The summed E-state index contributed by atoms with van der Waals surface area (Å²) in [6.45, 7) is 4.06. The van der Waals surface area contributed by atoms with Gasteiger partial charge in [-0.2, -0.15) is 0 Å². The summed E-state index contributed by atoms with van der Waals surface area (Å²) < 4.78 is 17.6. The molecule has 4 N–H and O–H groups in total. The van der Waals surface area contributed by atoms with Crippen LogP contribution in [0.5, 0.6) is 0 Å². The fraction of sp³-hybridized carbons (Fsp3) is 0.919. The molecule has 45 heavy (non-hydrogen) atoms. The van der Waals surface area contributed by atoms with Crippen molar-refractivity contribution in [2.24, 2.45) is 0 Å². The quantitative estimate of drug-likeness (QED) is 0.0634. The minimum absolute atomic E-state index is 0.00732. The van der Waals surface area contributed by atoms with E-state index in [0.717, 1.165) is 83.5 Å². The van der Waals surface area contributed by atoms with E-state index in [1.165, 1.54) is 44.9 Å². The number of carbonyl (C=O) groups excluding carboxylic acids is 1. The number of aliphatic hydroxyl groups is 4. The molecule has 0 bridgehead atoms. The summed E-state index contributed by atoms with van der Waals surface area (Å²) in [5.74, 6) is -0.315. The first-order chi connectivity index (χ1) is 21.8. The van der Waals surface area contributed by atoms with E-state index in [2.05, 4.69) is 6.92 Å². The van der Waals surface area contributed by atoms with Gasteiger partial charge in [0.2, 0.25) is 0 Å². The maximum atomic E-state index is 11.7. The van der Waals surface area contributed by atoms with E-state index < -0.39 is 18.3 Å². The lowest BCUT2D eigenvalue weighted by atomic mass is 9.99. The summed E-state index contributed by atoms with van der Waals surface area (Å²) in [6.07, 6.45) is 21.7. The van der Waals surface area contributed by atoms with E-state index in [9.17, 15) is 25.2 Å². The fourth-order valence-corrected chi connectivity index (χ4v) is 7.30. The predicted molar refractivity (Wildman–Crippen MR) is 177 cm³/mol. The average Bonchev–Trinajstić information content (AvgIpc) is 3.76. The van der Waals surface area contributed by atoms with Crippen molar-refractivity contribution in [3.05, 3.63) is 11.6 Å². The second kappa shape index (κ2) is 21.8. The van der Waals surface area contributed by atoms with Gasteiger partial charge >= 0.3 is 5.97 Å². The van der Waals surface area contributed by atoms with Crippen LogP contribution in [-0.4, -0.2) is 81.3 Å². The molecule has 0 saturated carbocycles. The first-order valence-corrected chi connectivity index (χ1v) is 18.7. The molecule has 0 amide bonds. The van der Waals surface area contributed by atoms with Crippen molar-refractivity contribution < 1.29 is 39.4 Å². The van der Waals surface area contributed by atoms with Gasteiger partial charge in [0.25, 0.3) is 0 Å². The number of aliphatic hydroxyl groups excluding tert-OH is 4. The van der Waals surface area contributed by atoms with Crippen molar-refractivity contribution >= 4 is 5.97 Å². The van der Waals surface area contributed by atoms with Gasteiger partial charge in [-0.15, -0.1) is 0 Å². The predicted octanol–water partition coefficient (Wildman–Crippen LogP) is 6.83.